The van der Waals surface area contributed by atoms with Crippen molar-refractivity contribution in [2.45, 2.75) is 26.2 Å². The summed E-state index contributed by atoms with van der Waals surface area (Å²) in [5.41, 5.74) is 4.90. The fourth-order valence-electron chi connectivity index (χ4n) is 2.29. The maximum atomic E-state index is 9.10. The molecular formula is C18H18O. The molecule has 2 aromatic rings. The van der Waals surface area contributed by atoms with Crippen LogP contribution in [0.4, 0.5) is 0 Å². The van der Waals surface area contributed by atoms with Crippen molar-refractivity contribution in [1.29, 1.82) is 0 Å². The number of fused-ring (bicyclic) bond motifs is 1. The van der Waals surface area contributed by atoms with E-state index in [1.165, 1.54) is 29.5 Å². The molecular weight excluding hydrogens is 232 g/mol. The summed E-state index contributed by atoms with van der Waals surface area (Å²) in [5.74, 6) is 3.00. The van der Waals surface area contributed by atoms with Gasteiger partial charge in [0.15, 0.2) is 0 Å². The Morgan fingerprint density at radius 2 is 1.79 bits per heavy atom. The average Bonchev–Trinajstić information content (AvgIpc) is 2.87. The van der Waals surface area contributed by atoms with Gasteiger partial charge in [-0.2, -0.15) is 0 Å². The number of hydrogen-bond donors (Lipinski definition) is 1. The molecule has 0 atom stereocenters. The first kappa shape index (κ1) is 13.2. The van der Waals surface area contributed by atoms with Crippen LogP contribution in [-0.4, -0.2) is 5.11 Å². The number of aryl methyl sites for hydroxylation is 3. The van der Waals surface area contributed by atoms with Gasteiger partial charge < -0.3 is 5.11 Å². The highest BCUT2D eigenvalue weighted by Gasteiger charge is 2.09. The molecule has 1 heteroatoms. The van der Waals surface area contributed by atoms with Crippen LogP contribution in [-0.2, 0) is 12.8 Å². The third-order valence-electron chi connectivity index (χ3n) is 3.38. The zero-order valence-electron chi connectivity index (χ0n) is 11.2. The second kappa shape index (κ2) is 6.11. The van der Waals surface area contributed by atoms with Crippen LogP contribution in [0.5, 0.6) is 5.75 Å². The third-order valence-corrected chi connectivity index (χ3v) is 3.38. The maximum Gasteiger partial charge on any atom is 0.115 e. The zero-order chi connectivity index (χ0) is 13.7. The highest BCUT2D eigenvalue weighted by molar-refractivity contribution is 5.38. The van der Waals surface area contributed by atoms with Crippen molar-refractivity contribution in [3.8, 4) is 18.1 Å². The number of hydrogen-bond acceptors (Lipinski definition) is 1. The predicted octanol–water partition coefficient (Wildman–Crippen LogP) is 3.86. The lowest BCUT2D eigenvalue weighted by atomic mass is 10.1. The molecule has 0 spiro atoms. The molecule has 1 nitrogen and oxygen atoms in total. The molecule has 0 amide bonds. The number of aromatic hydroxyl groups is 1. The van der Waals surface area contributed by atoms with E-state index in [9.17, 15) is 0 Å². The van der Waals surface area contributed by atoms with Gasteiger partial charge in [-0.25, -0.2) is 0 Å². The molecule has 3 rings (SSSR count). The van der Waals surface area contributed by atoms with E-state index in [4.69, 9.17) is 11.5 Å². The van der Waals surface area contributed by atoms with Gasteiger partial charge >= 0.3 is 0 Å². The summed E-state index contributed by atoms with van der Waals surface area (Å²) in [6.45, 7) is 2.01. The van der Waals surface area contributed by atoms with Crippen LogP contribution in [0.3, 0.4) is 0 Å². The highest BCUT2D eigenvalue weighted by Crippen LogP contribution is 2.24. The van der Waals surface area contributed by atoms with Gasteiger partial charge in [-0.05, 0) is 61.1 Å². The molecule has 0 saturated heterocycles. The molecule has 96 valence electrons. The molecule has 0 aromatic heterocycles. The van der Waals surface area contributed by atoms with Gasteiger partial charge in [-0.3, -0.25) is 0 Å². The van der Waals surface area contributed by atoms with E-state index in [-0.39, 0.29) is 0 Å². The molecule has 2 aromatic carbocycles. The fourth-order valence-corrected chi connectivity index (χ4v) is 2.29. The van der Waals surface area contributed by atoms with Crippen LogP contribution in [0.1, 0.15) is 28.7 Å². The Bertz CT molecular complexity index is 605. The van der Waals surface area contributed by atoms with Crippen molar-refractivity contribution in [3.63, 3.8) is 0 Å². The second-order valence-corrected chi connectivity index (χ2v) is 4.77. The van der Waals surface area contributed by atoms with Crippen LogP contribution in [0, 0.1) is 19.3 Å². The predicted molar refractivity (Wildman–Crippen MR) is 79.2 cm³/mol. The molecule has 0 saturated carbocycles. The molecule has 0 aliphatic heterocycles. The fraction of sp³-hybridized carbons (Fsp3) is 0.222. The van der Waals surface area contributed by atoms with E-state index in [1.54, 1.807) is 6.07 Å². The summed E-state index contributed by atoms with van der Waals surface area (Å²) in [6, 6.07) is 13.5. The molecule has 0 bridgehead atoms. The van der Waals surface area contributed by atoms with Gasteiger partial charge in [0.05, 0.1) is 0 Å². The molecule has 19 heavy (non-hydrogen) atoms. The minimum absolute atomic E-state index is 0.403. The Hall–Kier alpha value is -2.20. The Balaban J connectivity index is 0.000000141. The lowest BCUT2D eigenvalue weighted by Gasteiger charge is -1.97. The van der Waals surface area contributed by atoms with Gasteiger partial charge in [-0.1, -0.05) is 30.2 Å². The SMILES string of the molecule is C#Cc1ccccc1C.Oc1ccc2c(c1)CCC2. The molecule has 0 fully saturated rings. The van der Waals surface area contributed by atoms with E-state index in [0.29, 0.717) is 5.75 Å². The Morgan fingerprint density at radius 1 is 1.05 bits per heavy atom. The number of benzene rings is 2. The van der Waals surface area contributed by atoms with Crippen molar-refractivity contribution in [3.05, 3.63) is 64.7 Å². The minimum atomic E-state index is 0.403. The molecule has 0 radical (unpaired) electrons. The van der Waals surface area contributed by atoms with E-state index >= 15 is 0 Å². The number of rotatable bonds is 0. The van der Waals surface area contributed by atoms with Crippen molar-refractivity contribution in [2.75, 3.05) is 0 Å². The number of terminal acetylenes is 1. The molecule has 1 N–H and O–H groups in total. The van der Waals surface area contributed by atoms with Crippen molar-refractivity contribution in [2.24, 2.45) is 0 Å². The average molecular weight is 250 g/mol. The highest BCUT2D eigenvalue weighted by atomic mass is 16.3. The summed E-state index contributed by atoms with van der Waals surface area (Å²) in [4.78, 5) is 0. The van der Waals surface area contributed by atoms with Crippen molar-refractivity contribution in [1.82, 2.24) is 0 Å². The topological polar surface area (TPSA) is 20.2 Å². The van der Waals surface area contributed by atoms with Crippen molar-refractivity contribution >= 4 is 0 Å². The van der Waals surface area contributed by atoms with E-state index in [0.717, 1.165) is 12.0 Å². The maximum absolute atomic E-state index is 9.10. The monoisotopic (exact) mass is 250 g/mol. The van der Waals surface area contributed by atoms with E-state index in [2.05, 4.69) is 5.92 Å². The second-order valence-electron chi connectivity index (χ2n) is 4.77. The molecule has 1 aliphatic rings. The standard InChI is InChI=1S/C9H10O.C9H8/c10-9-5-4-7-2-1-3-8(7)6-9;1-3-9-7-5-4-6-8(9)2/h4-6,10H,1-3H2;1,4-7H,2H3. The van der Waals surface area contributed by atoms with Crippen LogP contribution < -0.4 is 0 Å². The Kier molecular flexibility index (Phi) is 4.26. The van der Waals surface area contributed by atoms with Gasteiger partial charge in [0.2, 0.25) is 0 Å². The summed E-state index contributed by atoms with van der Waals surface area (Å²) in [5, 5.41) is 9.10. The summed E-state index contributed by atoms with van der Waals surface area (Å²) in [7, 11) is 0. The van der Waals surface area contributed by atoms with Gasteiger partial charge in [-0.15, -0.1) is 6.42 Å². The summed E-state index contributed by atoms with van der Waals surface area (Å²) < 4.78 is 0. The summed E-state index contributed by atoms with van der Waals surface area (Å²) >= 11 is 0. The number of phenols is 1. The largest absolute Gasteiger partial charge is 0.508 e. The molecule has 0 unspecified atom stereocenters. The Morgan fingerprint density at radius 3 is 2.47 bits per heavy atom. The first-order valence-electron chi connectivity index (χ1n) is 6.53. The smallest absolute Gasteiger partial charge is 0.115 e. The quantitative estimate of drug-likeness (QED) is 0.704. The molecule has 0 heterocycles. The van der Waals surface area contributed by atoms with Crippen LogP contribution in [0.25, 0.3) is 0 Å². The zero-order valence-corrected chi connectivity index (χ0v) is 11.2. The minimum Gasteiger partial charge on any atom is -0.508 e. The van der Waals surface area contributed by atoms with E-state index < -0.39 is 0 Å². The first-order chi connectivity index (χ1) is 9.20. The van der Waals surface area contributed by atoms with Crippen LogP contribution >= 0.6 is 0 Å². The van der Waals surface area contributed by atoms with Crippen molar-refractivity contribution < 1.29 is 5.11 Å². The molecule has 1 aliphatic carbocycles. The summed E-state index contributed by atoms with van der Waals surface area (Å²) in [6.07, 6.45) is 8.78. The lowest BCUT2D eigenvalue weighted by Crippen LogP contribution is -1.78. The van der Waals surface area contributed by atoms with Gasteiger partial charge in [0.1, 0.15) is 5.75 Å². The van der Waals surface area contributed by atoms with Gasteiger partial charge in [0.25, 0.3) is 0 Å². The number of phenolic OH excluding ortho intramolecular Hbond substituents is 1. The van der Waals surface area contributed by atoms with Crippen LogP contribution in [0.15, 0.2) is 42.5 Å². The first-order valence-corrected chi connectivity index (χ1v) is 6.53. The normalized spacial score (nSPS) is 12.0. The third kappa shape index (κ3) is 3.39. The lowest BCUT2D eigenvalue weighted by molar-refractivity contribution is 0.474. The Labute approximate surface area is 114 Å². The van der Waals surface area contributed by atoms with Gasteiger partial charge in [0, 0.05) is 5.56 Å². The van der Waals surface area contributed by atoms with E-state index in [1.807, 2.05) is 43.3 Å². The van der Waals surface area contributed by atoms with Crippen LogP contribution in [0.2, 0.25) is 0 Å².